The lowest BCUT2D eigenvalue weighted by Crippen LogP contribution is -2.30. The number of halogens is 2. The molecule has 1 amide bonds. The number of imidazole rings is 1. The maximum Gasteiger partial charge on any atom is 0.254 e. The van der Waals surface area contributed by atoms with Crippen molar-refractivity contribution in [2.24, 2.45) is 0 Å². The summed E-state index contributed by atoms with van der Waals surface area (Å²) in [5, 5.41) is 0.621. The van der Waals surface area contributed by atoms with Crippen LogP contribution in [-0.2, 0) is 0 Å². The van der Waals surface area contributed by atoms with Crippen molar-refractivity contribution in [1.82, 2.24) is 14.5 Å². The second kappa shape index (κ2) is 5.70. The summed E-state index contributed by atoms with van der Waals surface area (Å²) in [6, 6.07) is 10.5. The molecule has 3 aromatic rings. The molecule has 2 aliphatic heterocycles. The van der Waals surface area contributed by atoms with Gasteiger partial charge in [-0.05, 0) is 30.3 Å². The first kappa shape index (κ1) is 16.6. The number of aromatic nitrogens is 2. The number of rotatable bonds is 2. The number of carbonyl (C=O) groups excluding carboxylic acids is 1. The minimum Gasteiger partial charge on any atom is -0.460 e. The van der Waals surface area contributed by atoms with Crippen LogP contribution in [0.15, 0.2) is 36.4 Å². The van der Waals surface area contributed by atoms with E-state index in [1.807, 2.05) is 12.1 Å². The molecule has 27 heavy (non-hydrogen) atoms. The summed E-state index contributed by atoms with van der Waals surface area (Å²) in [5.41, 5.74) is 2.98. The van der Waals surface area contributed by atoms with Crippen LogP contribution >= 0.6 is 11.6 Å². The van der Waals surface area contributed by atoms with Crippen LogP contribution in [0.2, 0.25) is 5.02 Å². The van der Waals surface area contributed by atoms with Gasteiger partial charge in [0.1, 0.15) is 11.6 Å². The second-order valence-corrected chi connectivity index (χ2v) is 7.47. The molecule has 1 aromatic heterocycles. The Balaban J connectivity index is 1.82. The Morgan fingerprint density at radius 3 is 2.89 bits per heavy atom. The number of carbonyl (C=O) groups is 1. The van der Waals surface area contributed by atoms with E-state index in [1.165, 1.54) is 6.92 Å². The molecule has 2 aromatic carbocycles. The van der Waals surface area contributed by atoms with E-state index in [1.54, 1.807) is 36.2 Å². The number of hydrogen-bond donors (Lipinski definition) is 0. The van der Waals surface area contributed by atoms with Crippen molar-refractivity contribution in [2.45, 2.75) is 31.8 Å². The molecule has 0 radical (unpaired) electrons. The first-order valence-electron chi connectivity index (χ1n) is 8.84. The number of ether oxygens (including phenoxy) is 1. The van der Waals surface area contributed by atoms with Crippen LogP contribution in [0.25, 0.3) is 11.0 Å². The van der Waals surface area contributed by atoms with Crippen LogP contribution in [0, 0.1) is 0 Å². The fraction of sp³-hybridized carbons (Fsp3) is 0.300. The van der Waals surface area contributed by atoms with Gasteiger partial charge in [-0.3, -0.25) is 4.79 Å². The van der Waals surface area contributed by atoms with Gasteiger partial charge in [-0.2, -0.15) is 0 Å². The van der Waals surface area contributed by atoms with Crippen molar-refractivity contribution < 1.29 is 13.9 Å². The Morgan fingerprint density at radius 1 is 1.30 bits per heavy atom. The largest absolute Gasteiger partial charge is 0.460 e. The van der Waals surface area contributed by atoms with E-state index in [0.29, 0.717) is 28.3 Å². The molecule has 0 fully saturated rings. The molecule has 5 nitrogen and oxygen atoms in total. The molecule has 138 valence electrons. The molecule has 3 heterocycles. The van der Waals surface area contributed by atoms with Crippen molar-refractivity contribution in [1.29, 1.82) is 0 Å². The molecular weight excluding hydrogens is 369 g/mol. The zero-order chi connectivity index (χ0) is 18.9. The highest BCUT2D eigenvalue weighted by molar-refractivity contribution is 6.31. The molecule has 2 bridgehead atoms. The molecule has 0 saturated carbocycles. The summed E-state index contributed by atoms with van der Waals surface area (Å²) >= 11 is 6.22. The third-order valence-corrected chi connectivity index (χ3v) is 5.68. The van der Waals surface area contributed by atoms with E-state index in [-0.39, 0.29) is 18.0 Å². The SMILES string of the molecule is CC(F)Oc1cccc2c1[C@H]1C[C@H](c3nc4ccc(Cl)cc4n31)N(C)C2=O. The highest BCUT2D eigenvalue weighted by Crippen LogP contribution is 2.50. The predicted molar refractivity (Wildman–Crippen MR) is 100.0 cm³/mol. The molecule has 7 heteroatoms. The summed E-state index contributed by atoms with van der Waals surface area (Å²) in [6.45, 7) is 1.33. The zero-order valence-corrected chi connectivity index (χ0v) is 15.6. The molecule has 0 saturated heterocycles. The predicted octanol–water partition coefficient (Wildman–Crippen LogP) is 4.50. The number of alkyl halides is 1. The van der Waals surface area contributed by atoms with Gasteiger partial charge in [0.25, 0.3) is 5.91 Å². The van der Waals surface area contributed by atoms with Gasteiger partial charge in [0.2, 0.25) is 6.36 Å². The molecular formula is C20H17ClFN3O2. The van der Waals surface area contributed by atoms with Gasteiger partial charge in [0, 0.05) is 36.5 Å². The summed E-state index contributed by atoms with van der Waals surface area (Å²) in [5.74, 6) is 1.11. The first-order chi connectivity index (χ1) is 13.0. The number of nitrogens with zero attached hydrogens (tertiary/aromatic N) is 3. The third-order valence-electron chi connectivity index (χ3n) is 5.44. The standard InChI is InChI=1S/C20H17ClFN3O2/c1-10(22)27-17-5-3-4-12-18(17)15-9-16(24(2)20(12)26)19-23-13-7-6-11(21)8-14(13)25(15)19/h3-8,10,15-16H,9H2,1-2H3/t10?,15-,16-/m1/s1. The van der Waals surface area contributed by atoms with Crippen molar-refractivity contribution in [2.75, 3.05) is 7.05 Å². The Kier molecular flexibility index (Phi) is 3.49. The molecule has 2 aliphatic rings. The lowest BCUT2D eigenvalue weighted by atomic mass is 9.97. The average molecular weight is 386 g/mol. The molecule has 1 unspecified atom stereocenters. The maximum absolute atomic E-state index is 13.7. The van der Waals surface area contributed by atoms with E-state index >= 15 is 0 Å². The monoisotopic (exact) mass is 385 g/mol. The van der Waals surface area contributed by atoms with E-state index in [0.717, 1.165) is 16.9 Å². The quantitative estimate of drug-likeness (QED) is 0.652. The summed E-state index contributed by atoms with van der Waals surface area (Å²) < 4.78 is 21.2. The minimum atomic E-state index is -1.47. The molecule has 5 rings (SSSR count). The minimum absolute atomic E-state index is 0.106. The lowest BCUT2D eigenvalue weighted by Gasteiger charge is -2.25. The topological polar surface area (TPSA) is 47.4 Å². The van der Waals surface area contributed by atoms with Crippen LogP contribution < -0.4 is 4.74 Å². The summed E-state index contributed by atoms with van der Waals surface area (Å²) in [6.07, 6.45) is -0.806. The maximum atomic E-state index is 13.7. The number of fused-ring (bicyclic) bond motifs is 9. The van der Waals surface area contributed by atoms with Gasteiger partial charge in [-0.15, -0.1) is 0 Å². The van der Waals surface area contributed by atoms with Gasteiger partial charge >= 0.3 is 0 Å². The van der Waals surface area contributed by atoms with Crippen molar-refractivity contribution in [3.05, 3.63) is 58.4 Å². The Labute approximate surface area is 160 Å². The highest BCUT2D eigenvalue weighted by Gasteiger charge is 2.44. The van der Waals surface area contributed by atoms with Crippen molar-refractivity contribution in [3.63, 3.8) is 0 Å². The smallest absolute Gasteiger partial charge is 0.254 e. The van der Waals surface area contributed by atoms with E-state index in [4.69, 9.17) is 21.3 Å². The number of amides is 1. The Hall–Kier alpha value is -2.60. The van der Waals surface area contributed by atoms with Gasteiger partial charge < -0.3 is 14.2 Å². The second-order valence-electron chi connectivity index (χ2n) is 7.03. The Morgan fingerprint density at radius 2 is 2.11 bits per heavy atom. The normalized spacial score (nSPS) is 21.8. The van der Waals surface area contributed by atoms with Crippen molar-refractivity contribution >= 4 is 28.5 Å². The number of benzene rings is 2. The van der Waals surface area contributed by atoms with E-state index < -0.39 is 6.36 Å². The summed E-state index contributed by atoms with van der Waals surface area (Å²) in [4.78, 5) is 19.5. The fourth-order valence-corrected chi connectivity index (χ4v) is 4.50. The molecule has 0 aliphatic carbocycles. The zero-order valence-electron chi connectivity index (χ0n) is 14.8. The van der Waals surface area contributed by atoms with Crippen molar-refractivity contribution in [3.8, 4) is 5.75 Å². The van der Waals surface area contributed by atoms with Crippen LogP contribution in [0.3, 0.4) is 0 Å². The van der Waals surface area contributed by atoms with Crippen LogP contribution in [0.4, 0.5) is 4.39 Å². The lowest BCUT2D eigenvalue weighted by molar-refractivity contribution is 0.0729. The van der Waals surface area contributed by atoms with Gasteiger partial charge in [0.15, 0.2) is 0 Å². The first-order valence-corrected chi connectivity index (χ1v) is 9.21. The Bertz CT molecular complexity index is 1090. The van der Waals surface area contributed by atoms with Crippen LogP contribution in [0.5, 0.6) is 5.75 Å². The number of hydrogen-bond acceptors (Lipinski definition) is 3. The summed E-state index contributed by atoms with van der Waals surface area (Å²) in [7, 11) is 1.78. The van der Waals surface area contributed by atoms with E-state index in [2.05, 4.69) is 4.57 Å². The highest BCUT2D eigenvalue weighted by atomic mass is 35.5. The van der Waals surface area contributed by atoms with Crippen LogP contribution in [-0.4, -0.2) is 33.8 Å². The fourth-order valence-electron chi connectivity index (χ4n) is 4.33. The molecule has 0 N–H and O–H groups in total. The van der Waals surface area contributed by atoms with Gasteiger partial charge in [-0.1, -0.05) is 17.7 Å². The van der Waals surface area contributed by atoms with Crippen LogP contribution in [0.1, 0.15) is 47.2 Å². The molecule has 0 spiro atoms. The van der Waals surface area contributed by atoms with E-state index in [9.17, 15) is 9.18 Å². The average Bonchev–Trinajstić information content (AvgIpc) is 3.14. The third kappa shape index (κ3) is 2.29. The van der Waals surface area contributed by atoms with Gasteiger partial charge in [-0.25, -0.2) is 9.37 Å². The molecule has 3 atom stereocenters. The van der Waals surface area contributed by atoms with Gasteiger partial charge in [0.05, 0.1) is 23.1 Å².